The number of hydrazine groups is 1. The van der Waals surface area contributed by atoms with Crippen molar-refractivity contribution in [1.82, 2.24) is 20.1 Å². The molecule has 7 heteroatoms. The molecule has 1 aromatic heterocycles. The van der Waals surface area contributed by atoms with Crippen molar-refractivity contribution in [3.05, 3.63) is 16.9 Å². The first-order chi connectivity index (χ1) is 9.89. The molecule has 1 saturated heterocycles. The minimum absolute atomic E-state index is 0.118. The van der Waals surface area contributed by atoms with Crippen LogP contribution in [0.1, 0.15) is 45.5 Å². The third-order valence-electron chi connectivity index (χ3n) is 4.25. The normalized spacial score (nSPS) is 19.2. The number of hydrogen-bond donors (Lipinski definition) is 2. The second kappa shape index (κ2) is 6.62. The minimum atomic E-state index is -0.200. The molecule has 2 rings (SSSR count). The van der Waals surface area contributed by atoms with E-state index in [1.54, 1.807) is 6.20 Å². The maximum absolute atomic E-state index is 6.39. The van der Waals surface area contributed by atoms with E-state index < -0.39 is 0 Å². The number of nitrogens with two attached hydrogens (primary N) is 1. The van der Waals surface area contributed by atoms with Gasteiger partial charge in [-0.2, -0.15) is 5.10 Å². The van der Waals surface area contributed by atoms with Crippen LogP contribution in [-0.2, 0) is 4.74 Å². The van der Waals surface area contributed by atoms with Crippen LogP contribution in [0.15, 0.2) is 6.20 Å². The summed E-state index contributed by atoms with van der Waals surface area (Å²) in [4.78, 5) is 2.38. The van der Waals surface area contributed by atoms with Gasteiger partial charge in [0.2, 0.25) is 0 Å². The Bertz CT molecular complexity index is 468. The molecule has 3 N–H and O–H groups in total. The van der Waals surface area contributed by atoms with Crippen molar-refractivity contribution in [3.63, 3.8) is 0 Å². The summed E-state index contributed by atoms with van der Waals surface area (Å²) in [5, 5.41) is 5.03. The van der Waals surface area contributed by atoms with Gasteiger partial charge in [-0.15, -0.1) is 0 Å². The van der Waals surface area contributed by atoms with Gasteiger partial charge in [0.1, 0.15) is 0 Å². The summed E-state index contributed by atoms with van der Waals surface area (Å²) in [5.74, 6) is 5.89. The van der Waals surface area contributed by atoms with E-state index in [9.17, 15) is 0 Å². The van der Waals surface area contributed by atoms with Gasteiger partial charge in [-0.25, -0.2) is 5.43 Å². The highest BCUT2D eigenvalue weighted by Gasteiger charge is 2.39. The van der Waals surface area contributed by atoms with Crippen LogP contribution in [0.4, 0.5) is 0 Å². The van der Waals surface area contributed by atoms with Gasteiger partial charge in [-0.3, -0.25) is 15.4 Å². The lowest BCUT2D eigenvalue weighted by Crippen LogP contribution is -2.57. The van der Waals surface area contributed by atoms with Gasteiger partial charge in [-0.1, -0.05) is 11.6 Å². The lowest BCUT2D eigenvalue weighted by molar-refractivity contribution is -0.0250. The van der Waals surface area contributed by atoms with Crippen LogP contribution in [-0.4, -0.2) is 46.5 Å². The number of morpholine rings is 1. The van der Waals surface area contributed by atoms with Crippen molar-refractivity contribution in [3.8, 4) is 0 Å². The highest BCUT2D eigenvalue weighted by Crippen LogP contribution is 2.35. The fraction of sp³-hybridized carbons (Fsp3) is 0.786. The molecule has 2 heterocycles. The fourth-order valence-corrected chi connectivity index (χ4v) is 3.21. The van der Waals surface area contributed by atoms with Gasteiger partial charge in [-0.05, 0) is 27.7 Å². The molecule has 0 bridgehead atoms. The summed E-state index contributed by atoms with van der Waals surface area (Å²) >= 11 is 6.39. The van der Waals surface area contributed by atoms with E-state index in [1.165, 1.54) is 0 Å². The van der Waals surface area contributed by atoms with Crippen molar-refractivity contribution in [1.29, 1.82) is 0 Å². The number of halogens is 1. The summed E-state index contributed by atoms with van der Waals surface area (Å²) in [6.45, 7) is 11.8. The van der Waals surface area contributed by atoms with Crippen LogP contribution in [0.5, 0.6) is 0 Å². The van der Waals surface area contributed by atoms with Gasteiger partial charge in [0.05, 0.1) is 36.2 Å². The quantitative estimate of drug-likeness (QED) is 0.640. The van der Waals surface area contributed by atoms with Crippen LogP contribution in [0.2, 0.25) is 5.02 Å². The molecule has 1 aliphatic heterocycles. The third-order valence-corrected chi connectivity index (χ3v) is 4.54. The second-order valence-electron chi connectivity index (χ2n) is 6.27. The average Bonchev–Trinajstić information content (AvgIpc) is 2.83. The largest absolute Gasteiger partial charge is 0.379 e. The maximum atomic E-state index is 6.39. The van der Waals surface area contributed by atoms with Crippen LogP contribution in [0.3, 0.4) is 0 Å². The molecule has 0 radical (unpaired) electrons. The van der Waals surface area contributed by atoms with Crippen LogP contribution < -0.4 is 11.3 Å². The number of nitrogens with zero attached hydrogens (tertiary/aromatic N) is 3. The van der Waals surface area contributed by atoms with Crippen molar-refractivity contribution in [2.75, 3.05) is 26.3 Å². The van der Waals surface area contributed by atoms with Gasteiger partial charge in [0.15, 0.2) is 0 Å². The molecule has 1 aromatic rings. The molecule has 120 valence electrons. The highest BCUT2D eigenvalue weighted by molar-refractivity contribution is 6.31. The van der Waals surface area contributed by atoms with Gasteiger partial charge < -0.3 is 4.74 Å². The first-order valence-corrected chi connectivity index (χ1v) is 7.79. The Morgan fingerprint density at radius 1 is 1.38 bits per heavy atom. The first kappa shape index (κ1) is 16.7. The molecule has 1 aliphatic rings. The molecule has 1 fully saturated rings. The highest BCUT2D eigenvalue weighted by atomic mass is 35.5. The zero-order chi connectivity index (χ0) is 15.6. The Hall–Kier alpha value is -0.660. The minimum Gasteiger partial charge on any atom is -0.379 e. The van der Waals surface area contributed by atoms with Crippen LogP contribution in [0.25, 0.3) is 0 Å². The predicted molar refractivity (Wildman–Crippen MR) is 84.2 cm³/mol. The molecule has 1 atom stereocenters. The van der Waals surface area contributed by atoms with Crippen molar-refractivity contribution in [2.45, 2.75) is 45.3 Å². The zero-order valence-corrected chi connectivity index (χ0v) is 14.0. The maximum Gasteiger partial charge on any atom is 0.0835 e. The molecule has 6 nitrogen and oxygen atoms in total. The Labute approximate surface area is 131 Å². The van der Waals surface area contributed by atoms with Crippen molar-refractivity contribution >= 4 is 11.6 Å². The van der Waals surface area contributed by atoms with Crippen LogP contribution in [0, 0.1) is 0 Å². The number of hydrogen-bond acceptors (Lipinski definition) is 5. The molecule has 0 saturated carbocycles. The molecule has 1 unspecified atom stereocenters. The number of rotatable bonds is 5. The van der Waals surface area contributed by atoms with E-state index in [4.69, 9.17) is 22.2 Å². The average molecular weight is 316 g/mol. The molecular formula is C14H26ClN5O. The number of ether oxygens (including phenoxy) is 1. The summed E-state index contributed by atoms with van der Waals surface area (Å²) in [5.41, 5.74) is 3.69. The molecule has 0 aliphatic carbocycles. The molecule has 21 heavy (non-hydrogen) atoms. The Kier molecular flexibility index (Phi) is 5.27. The topological polar surface area (TPSA) is 68.3 Å². The van der Waals surface area contributed by atoms with Crippen molar-refractivity contribution in [2.24, 2.45) is 5.84 Å². The van der Waals surface area contributed by atoms with Crippen molar-refractivity contribution < 1.29 is 4.74 Å². The summed E-state index contributed by atoms with van der Waals surface area (Å²) < 4.78 is 7.39. The van der Waals surface area contributed by atoms with E-state index in [1.807, 2.05) is 4.68 Å². The lowest BCUT2D eigenvalue weighted by atomic mass is 9.89. The number of aromatic nitrogens is 2. The Balaban J connectivity index is 2.36. The summed E-state index contributed by atoms with van der Waals surface area (Å²) in [6.07, 6.45) is 1.69. The lowest BCUT2D eigenvalue weighted by Gasteiger charge is -2.45. The van der Waals surface area contributed by atoms with E-state index in [-0.39, 0.29) is 17.6 Å². The molecule has 0 aromatic carbocycles. The SMILES string of the molecule is CC(C)n1ncc(Cl)c1C(NN)C(C)(C)N1CCOCC1. The predicted octanol–water partition coefficient (Wildman–Crippen LogP) is 1.73. The summed E-state index contributed by atoms with van der Waals surface area (Å²) in [7, 11) is 0. The second-order valence-corrected chi connectivity index (χ2v) is 6.68. The third kappa shape index (κ3) is 3.24. The van der Waals surface area contributed by atoms with Crippen LogP contribution >= 0.6 is 11.6 Å². The standard InChI is InChI=1S/C14H26ClN5O/c1-10(2)20-12(11(15)9-17-20)13(18-16)14(3,4)19-5-7-21-8-6-19/h9-10,13,18H,5-8,16H2,1-4H3. The Morgan fingerprint density at radius 2 is 2.00 bits per heavy atom. The van der Waals surface area contributed by atoms with E-state index in [0.717, 1.165) is 32.0 Å². The van der Waals surface area contributed by atoms with E-state index in [2.05, 4.69) is 43.1 Å². The monoisotopic (exact) mass is 315 g/mol. The zero-order valence-electron chi connectivity index (χ0n) is 13.3. The van der Waals surface area contributed by atoms with Gasteiger partial charge >= 0.3 is 0 Å². The smallest absolute Gasteiger partial charge is 0.0835 e. The fourth-order valence-electron chi connectivity index (χ4n) is 2.97. The Morgan fingerprint density at radius 3 is 2.52 bits per heavy atom. The van der Waals surface area contributed by atoms with Gasteiger partial charge in [0.25, 0.3) is 0 Å². The van der Waals surface area contributed by atoms with E-state index >= 15 is 0 Å². The summed E-state index contributed by atoms with van der Waals surface area (Å²) in [6, 6.07) is 0.108. The van der Waals surface area contributed by atoms with E-state index in [0.29, 0.717) is 5.02 Å². The molecule has 0 spiro atoms. The molecule has 0 amide bonds. The molecular weight excluding hydrogens is 290 g/mol. The first-order valence-electron chi connectivity index (χ1n) is 7.41. The number of nitrogens with one attached hydrogen (secondary N) is 1. The van der Waals surface area contributed by atoms with Gasteiger partial charge in [0, 0.05) is 24.7 Å².